The Balaban J connectivity index is 3.18. The van der Waals surface area contributed by atoms with Gasteiger partial charge in [-0.1, -0.05) is 11.6 Å². The highest BCUT2D eigenvalue weighted by atomic mass is 35.7. The summed E-state index contributed by atoms with van der Waals surface area (Å²) in [5.41, 5.74) is -0.231. The van der Waals surface area contributed by atoms with Crippen LogP contribution in [-0.2, 0) is 9.05 Å². The molecule has 18 heavy (non-hydrogen) atoms. The number of hydrogen-bond acceptors (Lipinski definition) is 3. The van der Waals surface area contributed by atoms with E-state index >= 15 is 0 Å². The molecule has 100 valence electrons. The van der Waals surface area contributed by atoms with E-state index in [2.05, 4.69) is 5.32 Å². The minimum atomic E-state index is -3.97. The van der Waals surface area contributed by atoms with Gasteiger partial charge in [-0.25, -0.2) is 8.42 Å². The molecule has 0 aliphatic carbocycles. The zero-order chi connectivity index (χ0) is 14.1. The molecule has 0 spiro atoms. The topological polar surface area (TPSA) is 63.2 Å². The SMILES string of the molecule is CC(C)(C)NC(=O)c1ccc(Cl)c(S(=O)(=O)Cl)c1. The molecule has 0 radical (unpaired) electrons. The van der Waals surface area contributed by atoms with Crippen molar-refractivity contribution in [2.75, 3.05) is 0 Å². The highest BCUT2D eigenvalue weighted by Crippen LogP contribution is 2.25. The first-order valence-electron chi connectivity index (χ1n) is 5.07. The summed E-state index contributed by atoms with van der Waals surface area (Å²) in [5.74, 6) is -0.388. The van der Waals surface area contributed by atoms with Crippen LogP contribution in [0.25, 0.3) is 0 Å². The van der Waals surface area contributed by atoms with Crippen molar-refractivity contribution in [3.63, 3.8) is 0 Å². The molecule has 7 heteroatoms. The van der Waals surface area contributed by atoms with Crippen molar-refractivity contribution >= 4 is 37.2 Å². The van der Waals surface area contributed by atoms with Gasteiger partial charge in [0.25, 0.3) is 15.0 Å². The fourth-order valence-electron chi connectivity index (χ4n) is 1.24. The zero-order valence-electron chi connectivity index (χ0n) is 10.1. The summed E-state index contributed by atoms with van der Waals surface area (Å²) in [6, 6.07) is 3.93. The monoisotopic (exact) mass is 309 g/mol. The van der Waals surface area contributed by atoms with Crippen LogP contribution < -0.4 is 5.32 Å². The molecule has 0 aliphatic rings. The van der Waals surface area contributed by atoms with Crippen LogP contribution in [0, 0.1) is 0 Å². The summed E-state index contributed by atoms with van der Waals surface area (Å²) >= 11 is 5.72. The van der Waals surface area contributed by atoms with Gasteiger partial charge in [0.2, 0.25) is 0 Å². The number of carbonyl (C=O) groups is 1. The number of rotatable bonds is 2. The smallest absolute Gasteiger partial charge is 0.262 e. The van der Waals surface area contributed by atoms with Crippen LogP contribution in [0.5, 0.6) is 0 Å². The van der Waals surface area contributed by atoms with Gasteiger partial charge in [0, 0.05) is 21.8 Å². The van der Waals surface area contributed by atoms with E-state index in [1.807, 2.05) is 20.8 Å². The first-order valence-corrected chi connectivity index (χ1v) is 7.76. The number of amides is 1. The highest BCUT2D eigenvalue weighted by molar-refractivity contribution is 8.13. The lowest BCUT2D eigenvalue weighted by Gasteiger charge is -2.20. The van der Waals surface area contributed by atoms with E-state index in [-0.39, 0.29) is 21.4 Å². The summed E-state index contributed by atoms with van der Waals surface area (Å²) in [5, 5.41) is 2.70. The zero-order valence-corrected chi connectivity index (χ0v) is 12.4. The molecule has 0 aliphatic heterocycles. The largest absolute Gasteiger partial charge is 0.347 e. The molecule has 1 aromatic carbocycles. The minimum Gasteiger partial charge on any atom is -0.347 e. The van der Waals surface area contributed by atoms with Gasteiger partial charge in [0.15, 0.2) is 0 Å². The summed E-state index contributed by atoms with van der Waals surface area (Å²) in [7, 11) is 1.26. The number of hydrogen-bond donors (Lipinski definition) is 1. The Labute approximate surface area is 116 Å². The Morgan fingerprint density at radius 3 is 2.28 bits per heavy atom. The van der Waals surface area contributed by atoms with Crippen molar-refractivity contribution in [1.82, 2.24) is 5.32 Å². The molecule has 1 rings (SSSR count). The summed E-state index contributed by atoms with van der Waals surface area (Å²) in [4.78, 5) is 11.6. The Morgan fingerprint density at radius 1 is 1.28 bits per heavy atom. The molecule has 0 aromatic heterocycles. The number of carbonyl (C=O) groups excluding carboxylic acids is 1. The average Bonchev–Trinajstić information content (AvgIpc) is 2.13. The van der Waals surface area contributed by atoms with Crippen molar-refractivity contribution in [1.29, 1.82) is 0 Å². The first kappa shape index (κ1) is 15.3. The molecule has 1 aromatic rings. The molecule has 0 bridgehead atoms. The van der Waals surface area contributed by atoms with Crippen LogP contribution in [0.3, 0.4) is 0 Å². The van der Waals surface area contributed by atoms with Crippen molar-refractivity contribution in [3.8, 4) is 0 Å². The van der Waals surface area contributed by atoms with E-state index in [0.29, 0.717) is 0 Å². The third kappa shape index (κ3) is 4.15. The summed E-state index contributed by atoms with van der Waals surface area (Å²) in [6.45, 7) is 5.46. The fraction of sp³-hybridized carbons (Fsp3) is 0.364. The van der Waals surface area contributed by atoms with Gasteiger partial charge in [0.1, 0.15) is 4.90 Å². The third-order valence-corrected chi connectivity index (χ3v) is 3.75. The maximum absolute atomic E-state index is 11.9. The molecule has 0 fully saturated rings. The molecular formula is C11H13Cl2NO3S. The predicted molar refractivity (Wildman–Crippen MR) is 71.7 cm³/mol. The molecule has 0 heterocycles. The van der Waals surface area contributed by atoms with Crippen LogP contribution >= 0.6 is 22.3 Å². The highest BCUT2D eigenvalue weighted by Gasteiger charge is 2.20. The van der Waals surface area contributed by atoms with E-state index in [4.69, 9.17) is 22.3 Å². The number of nitrogens with one attached hydrogen (secondary N) is 1. The van der Waals surface area contributed by atoms with Crippen LogP contribution in [0.2, 0.25) is 5.02 Å². The van der Waals surface area contributed by atoms with E-state index in [0.717, 1.165) is 6.07 Å². The van der Waals surface area contributed by atoms with Crippen molar-refractivity contribution < 1.29 is 13.2 Å². The minimum absolute atomic E-state index is 0.0164. The van der Waals surface area contributed by atoms with Crippen LogP contribution in [0.15, 0.2) is 23.1 Å². The lowest BCUT2D eigenvalue weighted by molar-refractivity contribution is 0.0919. The summed E-state index contributed by atoms with van der Waals surface area (Å²) in [6.07, 6.45) is 0. The van der Waals surface area contributed by atoms with E-state index in [1.165, 1.54) is 12.1 Å². The Bertz CT molecular complexity index is 576. The van der Waals surface area contributed by atoms with Crippen molar-refractivity contribution in [2.24, 2.45) is 0 Å². The summed E-state index contributed by atoms with van der Waals surface area (Å²) < 4.78 is 22.5. The normalized spacial score (nSPS) is 12.3. The Hall–Kier alpha value is -0.780. The van der Waals surface area contributed by atoms with Gasteiger partial charge < -0.3 is 5.32 Å². The van der Waals surface area contributed by atoms with Gasteiger partial charge in [-0.2, -0.15) is 0 Å². The van der Waals surface area contributed by atoms with Gasteiger partial charge >= 0.3 is 0 Å². The molecule has 4 nitrogen and oxygen atoms in total. The second-order valence-corrected chi connectivity index (χ2v) is 7.73. The average molecular weight is 310 g/mol. The second-order valence-electron chi connectivity index (χ2n) is 4.79. The molecule has 0 saturated heterocycles. The Kier molecular flexibility index (Phi) is 4.30. The van der Waals surface area contributed by atoms with Crippen LogP contribution in [0.1, 0.15) is 31.1 Å². The van der Waals surface area contributed by atoms with Gasteiger partial charge in [-0.15, -0.1) is 0 Å². The Morgan fingerprint density at radius 2 is 1.83 bits per heavy atom. The fourth-order valence-corrected chi connectivity index (χ4v) is 2.74. The van der Waals surface area contributed by atoms with Crippen LogP contribution in [0.4, 0.5) is 0 Å². The quantitative estimate of drug-likeness (QED) is 0.854. The first-order chi connectivity index (χ1) is 8.00. The molecule has 0 unspecified atom stereocenters. The lowest BCUT2D eigenvalue weighted by Crippen LogP contribution is -2.40. The number of benzene rings is 1. The predicted octanol–water partition coefficient (Wildman–Crippen LogP) is 2.80. The van der Waals surface area contributed by atoms with Crippen LogP contribution in [-0.4, -0.2) is 19.9 Å². The van der Waals surface area contributed by atoms with Gasteiger partial charge in [-0.3, -0.25) is 4.79 Å². The standard InChI is InChI=1S/C11H13Cl2NO3S/c1-11(2,3)14-10(15)7-4-5-8(12)9(6-7)18(13,16)17/h4-6H,1-3H3,(H,14,15). The van der Waals surface area contributed by atoms with Gasteiger partial charge in [0.05, 0.1) is 5.02 Å². The van der Waals surface area contributed by atoms with E-state index < -0.39 is 14.6 Å². The number of halogens is 2. The van der Waals surface area contributed by atoms with Crippen molar-refractivity contribution in [2.45, 2.75) is 31.2 Å². The van der Waals surface area contributed by atoms with E-state index in [1.54, 1.807) is 0 Å². The molecule has 0 atom stereocenters. The second kappa shape index (κ2) is 5.07. The lowest BCUT2D eigenvalue weighted by atomic mass is 10.1. The molecule has 1 amide bonds. The molecule has 1 N–H and O–H groups in total. The van der Waals surface area contributed by atoms with E-state index in [9.17, 15) is 13.2 Å². The molecule has 0 saturated carbocycles. The maximum atomic E-state index is 11.9. The third-order valence-electron chi connectivity index (χ3n) is 1.94. The molecular weight excluding hydrogens is 297 g/mol. The van der Waals surface area contributed by atoms with Crippen molar-refractivity contribution in [3.05, 3.63) is 28.8 Å². The maximum Gasteiger partial charge on any atom is 0.262 e. The van der Waals surface area contributed by atoms with Gasteiger partial charge in [-0.05, 0) is 39.0 Å².